The molecule has 0 aromatic heterocycles. The van der Waals surface area contributed by atoms with E-state index in [9.17, 15) is 28.8 Å². The van der Waals surface area contributed by atoms with Crippen molar-refractivity contribution in [2.45, 2.75) is 75.1 Å². The number of halogens is 2. The zero-order valence-corrected chi connectivity index (χ0v) is 38.2. The Balaban J connectivity index is 0.785. The number of carbonyl (C=O) groups is 6. The number of rotatable bonds is 20. The summed E-state index contributed by atoms with van der Waals surface area (Å²) in [6, 6.07) is 22.6. The van der Waals surface area contributed by atoms with Crippen LogP contribution in [0.1, 0.15) is 93.1 Å². The number of fused-ring (bicyclic) bond motifs is 1. The summed E-state index contributed by atoms with van der Waals surface area (Å²) in [7, 11) is 0. The van der Waals surface area contributed by atoms with E-state index < -0.39 is 41.4 Å². The van der Waals surface area contributed by atoms with Gasteiger partial charge in [-0.25, -0.2) is 4.39 Å². The molecule has 16 nitrogen and oxygen atoms in total. The molecule has 0 spiro atoms. The minimum atomic E-state index is -1.06. The monoisotopic (exact) mass is 951 g/mol. The molecule has 68 heavy (non-hydrogen) atoms. The molecule has 2 atom stereocenters. The summed E-state index contributed by atoms with van der Waals surface area (Å²) in [5.41, 5.74) is 14.8. The predicted molar refractivity (Wildman–Crippen MR) is 251 cm³/mol. The molecule has 4 aromatic rings. The predicted octanol–water partition coefficient (Wildman–Crippen LogP) is 4.76. The van der Waals surface area contributed by atoms with E-state index in [4.69, 9.17) is 37.3 Å². The van der Waals surface area contributed by atoms with Crippen LogP contribution in [0.3, 0.4) is 0 Å². The summed E-state index contributed by atoms with van der Waals surface area (Å²) < 4.78 is 33.9. The van der Waals surface area contributed by atoms with Crippen LogP contribution in [0.5, 0.6) is 5.75 Å². The number of primary amides is 1. The zero-order valence-electron chi connectivity index (χ0n) is 37.5. The summed E-state index contributed by atoms with van der Waals surface area (Å²) in [5, 5.41) is 9.27. The molecule has 3 aliphatic heterocycles. The Hall–Kier alpha value is -6.24. The van der Waals surface area contributed by atoms with Crippen molar-refractivity contribution in [3.63, 3.8) is 0 Å². The average Bonchev–Trinajstić information content (AvgIpc) is 3.57. The first-order valence-electron chi connectivity index (χ1n) is 23.0. The van der Waals surface area contributed by atoms with Crippen LogP contribution in [0, 0.1) is 5.82 Å². The zero-order chi connectivity index (χ0) is 47.9. The number of hydrogen-bond donors (Lipinski definition) is 5. The number of amides is 6. The van der Waals surface area contributed by atoms with Gasteiger partial charge in [-0.15, -0.1) is 0 Å². The molecule has 2 saturated heterocycles. The third-order valence-corrected chi connectivity index (χ3v) is 13.3. The number of carbonyl (C=O) groups excluding carboxylic acids is 6. The number of imide groups is 2. The van der Waals surface area contributed by atoms with Gasteiger partial charge in [0, 0.05) is 72.4 Å². The van der Waals surface area contributed by atoms with Crippen molar-refractivity contribution in [2.24, 2.45) is 11.5 Å². The van der Waals surface area contributed by atoms with Gasteiger partial charge in [-0.05, 0) is 79.6 Å². The largest absolute Gasteiger partial charge is 0.488 e. The number of likely N-dealkylation sites (tertiary alicyclic amines) is 1. The lowest BCUT2D eigenvalue weighted by atomic mass is 9.87. The molecule has 6 amide bonds. The molecule has 358 valence electrons. The van der Waals surface area contributed by atoms with Gasteiger partial charge in [0.15, 0.2) is 11.6 Å². The molecule has 18 heteroatoms. The highest BCUT2D eigenvalue weighted by molar-refractivity contribution is 6.33. The van der Waals surface area contributed by atoms with Crippen molar-refractivity contribution in [3.05, 3.63) is 118 Å². The van der Waals surface area contributed by atoms with Crippen LogP contribution in [-0.4, -0.2) is 122 Å². The average molecular weight is 952 g/mol. The Kier molecular flexibility index (Phi) is 15.5. The van der Waals surface area contributed by atoms with Crippen LogP contribution < -0.4 is 32.2 Å². The van der Waals surface area contributed by atoms with Gasteiger partial charge in [0.05, 0.1) is 49.0 Å². The molecule has 3 heterocycles. The number of hydrogen-bond acceptors (Lipinski definition) is 12. The first-order valence-corrected chi connectivity index (χ1v) is 23.4. The molecule has 7 N–H and O–H groups in total. The highest BCUT2D eigenvalue weighted by atomic mass is 35.5. The lowest BCUT2D eigenvalue weighted by molar-refractivity contribution is -0.146. The Morgan fingerprint density at radius 3 is 2.37 bits per heavy atom. The molecule has 8 rings (SSSR count). The first kappa shape index (κ1) is 48.2. The maximum Gasteiger partial charge on any atom is 0.264 e. The van der Waals surface area contributed by atoms with Gasteiger partial charge in [0.2, 0.25) is 23.6 Å². The second kappa shape index (κ2) is 21.8. The minimum Gasteiger partial charge on any atom is -0.488 e. The second-order valence-electron chi connectivity index (χ2n) is 17.5. The molecule has 4 aliphatic rings. The SMILES string of the molecule is NC(=O)c1ccc(OCCOC2CN(C(=O)CCOCCNc3cccc4c3C(=O)N(C3CCC(=O)NC3=O)C4=O)C2)c(F)c1-c1cc(C(CNC2CCC(N)CC2)c2ccccc2)ccc1Cl. The van der Waals surface area contributed by atoms with Gasteiger partial charge in [0.25, 0.3) is 11.8 Å². The van der Waals surface area contributed by atoms with Crippen LogP contribution in [0.4, 0.5) is 10.1 Å². The lowest BCUT2D eigenvalue weighted by Crippen LogP contribution is -2.55. The van der Waals surface area contributed by atoms with E-state index in [2.05, 4.69) is 28.1 Å². The van der Waals surface area contributed by atoms with E-state index in [1.54, 1.807) is 23.1 Å². The second-order valence-corrected chi connectivity index (χ2v) is 17.9. The number of ether oxygens (including phenoxy) is 3. The number of benzene rings is 4. The fraction of sp³-hybridized carbons (Fsp3) is 0.400. The van der Waals surface area contributed by atoms with Gasteiger partial charge in [-0.3, -0.25) is 39.0 Å². The lowest BCUT2D eigenvalue weighted by Gasteiger charge is -2.39. The third kappa shape index (κ3) is 10.9. The fourth-order valence-electron chi connectivity index (χ4n) is 9.26. The third-order valence-electron chi connectivity index (χ3n) is 13.0. The Labute approximate surface area is 398 Å². The van der Waals surface area contributed by atoms with Crippen LogP contribution in [0.25, 0.3) is 11.1 Å². The summed E-state index contributed by atoms with van der Waals surface area (Å²) in [6.07, 6.45) is 3.92. The molecule has 0 bridgehead atoms. The molecular formula is C50H55ClFN7O9. The number of nitrogens with one attached hydrogen (secondary N) is 3. The topological polar surface area (TPSA) is 225 Å². The molecular weight excluding hydrogens is 897 g/mol. The molecule has 0 radical (unpaired) electrons. The van der Waals surface area contributed by atoms with Crippen LogP contribution in [0.2, 0.25) is 5.02 Å². The van der Waals surface area contributed by atoms with E-state index in [1.807, 2.05) is 30.3 Å². The summed E-state index contributed by atoms with van der Waals surface area (Å²) in [5.74, 6) is -4.23. The van der Waals surface area contributed by atoms with Gasteiger partial charge in [0.1, 0.15) is 12.6 Å². The van der Waals surface area contributed by atoms with Gasteiger partial charge >= 0.3 is 0 Å². The molecule has 2 unspecified atom stereocenters. The standard InChI is InChI=1S/C50H55ClFN7O9/c51-38-15-9-30(37(29-5-2-1-3-6-29)26-56-32-12-10-31(53)11-13-32)25-36(38)44-34(47(54)62)14-17-41(46(44)52)68-24-23-67-33-27-58(28-33)43(61)19-21-66-22-20-55-39-8-4-7-35-45(39)50(65)59(49(35)64)40-16-18-42(60)57-48(40)63/h1-9,14-15,17,25,31-33,37,40,55-56H,10-13,16,18-24,26-28,53H2,(H2,54,62)(H,57,60,63). The van der Waals surface area contributed by atoms with Crippen molar-refractivity contribution >= 4 is 52.7 Å². The summed E-state index contributed by atoms with van der Waals surface area (Å²) in [4.78, 5) is 78.5. The molecule has 1 aliphatic carbocycles. The quantitative estimate of drug-likeness (QED) is 0.0598. The molecule has 4 aromatic carbocycles. The number of anilines is 1. The van der Waals surface area contributed by atoms with E-state index in [-0.39, 0.29) is 109 Å². The van der Waals surface area contributed by atoms with Crippen LogP contribution in [0.15, 0.2) is 78.9 Å². The van der Waals surface area contributed by atoms with Crippen molar-refractivity contribution in [2.75, 3.05) is 57.9 Å². The van der Waals surface area contributed by atoms with E-state index in [0.717, 1.165) is 41.7 Å². The molecule has 3 fully saturated rings. The Morgan fingerprint density at radius 2 is 1.62 bits per heavy atom. The van der Waals surface area contributed by atoms with Gasteiger partial charge in [-0.1, -0.05) is 54.1 Å². The number of nitrogens with two attached hydrogens (primary N) is 2. The molecule has 1 saturated carbocycles. The van der Waals surface area contributed by atoms with Gasteiger partial charge < -0.3 is 41.2 Å². The Bertz CT molecular complexity index is 2550. The maximum absolute atomic E-state index is 16.5. The van der Waals surface area contributed by atoms with Crippen LogP contribution in [-0.2, 0) is 23.9 Å². The van der Waals surface area contributed by atoms with Crippen LogP contribution >= 0.6 is 11.6 Å². The highest BCUT2D eigenvalue weighted by Crippen LogP contribution is 2.40. The van der Waals surface area contributed by atoms with Crippen molar-refractivity contribution in [1.29, 1.82) is 0 Å². The highest BCUT2D eigenvalue weighted by Gasteiger charge is 2.45. The number of piperidine rings is 1. The fourth-order valence-corrected chi connectivity index (χ4v) is 9.48. The first-order chi connectivity index (χ1) is 32.9. The van der Waals surface area contributed by atoms with Crippen molar-refractivity contribution < 1.29 is 47.4 Å². The van der Waals surface area contributed by atoms with E-state index in [1.165, 1.54) is 18.2 Å². The van der Waals surface area contributed by atoms with Crippen molar-refractivity contribution in [3.8, 4) is 16.9 Å². The summed E-state index contributed by atoms with van der Waals surface area (Å²) >= 11 is 6.76. The van der Waals surface area contributed by atoms with Gasteiger partial charge in [-0.2, -0.15) is 0 Å². The minimum absolute atomic E-state index is 0.00542. The number of nitrogens with zero attached hydrogens (tertiary/aromatic N) is 2. The normalized spacial score (nSPS) is 19.9. The maximum atomic E-state index is 16.5. The smallest absolute Gasteiger partial charge is 0.264 e. The van der Waals surface area contributed by atoms with Crippen molar-refractivity contribution in [1.82, 2.24) is 20.4 Å². The van der Waals surface area contributed by atoms with E-state index in [0.29, 0.717) is 36.9 Å². The Morgan fingerprint density at radius 1 is 0.838 bits per heavy atom. The van der Waals surface area contributed by atoms with E-state index >= 15 is 4.39 Å². The summed E-state index contributed by atoms with van der Waals surface area (Å²) in [6.45, 7) is 2.12.